The zero-order valence-corrected chi connectivity index (χ0v) is 18.8. The maximum atomic E-state index is 12.0. The van der Waals surface area contributed by atoms with Crippen molar-refractivity contribution in [1.82, 2.24) is 19.5 Å². The second-order valence-corrected chi connectivity index (χ2v) is 8.62. The molecule has 12 nitrogen and oxygen atoms in total. The first-order chi connectivity index (χ1) is 14.8. The summed E-state index contributed by atoms with van der Waals surface area (Å²) in [6.07, 6.45) is -0.389. The highest BCUT2D eigenvalue weighted by Gasteiger charge is 2.53. The van der Waals surface area contributed by atoms with Gasteiger partial charge in [0, 0.05) is 13.8 Å². The van der Waals surface area contributed by atoms with Crippen LogP contribution in [0, 0.1) is 0 Å². The Labute approximate surface area is 186 Å². The molecule has 0 aliphatic carbocycles. The highest BCUT2D eigenvalue weighted by molar-refractivity contribution is 9.09. The average Bonchev–Trinajstić information content (AvgIpc) is 3.26. The normalized spacial score (nSPS) is 35.2. The Balaban J connectivity index is 1.61. The van der Waals surface area contributed by atoms with Crippen molar-refractivity contribution in [3.05, 3.63) is 12.7 Å². The molecule has 168 valence electrons. The highest BCUT2D eigenvalue weighted by Crippen LogP contribution is 2.40. The van der Waals surface area contributed by atoms with Crippen LogP contribution in [-0.2, 0) is 33.3 Å². The molecule has 0 aromatic carbocycles. The molecule has 2 aromatic rings. The fourth-order valence-corrected chi connectivity index (χ4v) is 4.12. The number of ether oxygens (including phenoxy) is 5. The quantitative estimate of drug-likeness (QED) is 0.463. The molecule has 2 aliphatic heterocycles. The molecule has 2 fully saturated rings. The Hall–Kier alpha value is -2.35. The molecular formula is C18H22BrN5O7. The summed E-state index contributed by atoms with van der Waals surface area (Å²) in [5.41, 5.74) is 5.34. The fourth-order valence-electron chi connectivity index (χ4n) is 3.41. The molecule has 0 saturated carbocycles. The minimum absolute atomic E-state index is 0.170. The van der Waals surface area contributed by atoms with Crippen LogP contribution in [0.3, 0.4) is 0 Å². The number of anilines is 1. The lowest BCUT2D eigenvalue weighted by Gasteiger charge is -2.26. The van der Waals surface area contributed by atoms with E-state index >= 15 is 0 Å². The van der Waals surface area contributed by atoms with Crippen molar-refractivity contribution in [3.63, 3.8) is 0 Å². The Kier molecular flexibility index (Phi) is 5.07. The van der Waals surface area contributed by atoms with Gasteiger partial charge >= 0.3 is 17.9 Å². The van der Waals surface area contributed by atoms with Crippen molar-refractivity contribution in [2.45, 2.75) is 62.5 Å². The number of esters is 2. The lowest BCUT2D eigenvalue weighted by molar-refractivity contribution is -0.336. The van der Waals surface area contributed by atoms with Gasteiger partial charge in [0.05, 0.1) is 19.1 Å². The van der Waals surface area contributed by atoms with Gasteiger partial charge in [0.1, 0.15) is 24.1 Å². The number of carbonyl (C=O) groups excluding carboxylic acids is 2. The van der Waals surface area contributed by atoms with Crippen LogP contribution in [0.4, 0.5) is 5.82 Å². The predicted octanol–water partition coefficient (Wildman–Crippen LogP) is 1.04. The summed E-state index contributed by atoms with van der Waals surface area (Å²) in [5.74, 6) is -2.69. The molecule has 2 N–H and O–H groups in total. The van der Waals surface area contributed by atoms with E-state index in [1.54, 1.807) is 13.8 Å². The molecule has 0 radical (unpaired) electrons. The predicted molar refractivity (Wildman–Crippen MR) is 108 cm³/mol. The molecule has 2 aromatic heterocycles. The number of aromatic nitrogens is 4. The van der Waals surface area contributed by atoms with Gasteiger partial charge in [0.2, 0.25) is 0 Å². The van der Waals surface area contributed by atoms with Crippen LogP contribution in [0.1, 0.15) is 35.3 Å². The van der Waals surface area contributed by atoms with E-state index < -0.39 is 46.8 Å². The number of nitrogens with zero attached hydrogens (tertiary/aromatic N) is 4. The van der Waals surface area contributed by atoms with Gasteiger partial charge in [-0.05, 0) is 13.8 Å². The number of rotatable bonds is 5. The van der Waals surface area contributed by atoms with Gasteiger partial charge in [-0.1, -0.05) is 15.9 Å². The van der Waals surface area contributed by atoms with E-state index in [2.05, 4.69) is 30.9 Å². The van der Waals surface area contributed by atoms with E-state index in [1.807, 2.05) is 0 Å². The molecule has 4 rings (SSSR count). The molecule has 2 saturated heterocycles. The van der Waals surface area contributed by atoms with Gasteiger partial charge < -0.3 is 24.7 Å². The van der Waals surface area contributed by atoms with Gasteiger partial charge in [-0.2, -0.15) is 0 Å². The summed E-state index contributed by atoms with van der Waals surface area (Å²) in [4.78, 5) is 34.4. The number of hydrogen-bond donors (Lipinski definition) is 1. The summed E-state index contributed by atoms with van der Waals surface area (Å²) < 4.78 is 38.3. The topological polar surface area (TPSA) is 150 Å². The first kappa shape index (κ1) is 20.5. The number of hydrogen-bond acceptors (Lipinski definition) is 11. The number of cyclic esters (lactones) is 1. The van der Waals surface area contributed by atoms with Gasteiger partial charge in [0.25, 0.3) is 0 Å². The summed E-state index contributed by atoms with van der Waals surface area (Å²) in [6.45, 7) is 5.56. The van der Waals surface area contributed by atoms with Crippen LogP contribution >= 0.6 is 15.9 Å². The summed E-state index contributed by atoms with van der Waals surface area (Å²) in [6, 6.07) is 0. The van der Waals surface area contributed by atoms with E-state index in [0.29, 0.717) is 11.2 Å². The Bertz CT molecular complexity index is 1080. The van der Waals surface area contributed by atoms with Crippen LogP contribution in [0.2, 0.25) is 0 Å². The van der Waals surface area contributed by atoms with Crippen LogP contribution in [0.15, 0.2) is 12.7 Å². The Morgan fingerprint density at radius 3 is 2.77 bits per heavy atom. The van der Waals surface area contributed by atoms with E-state index in [0.717, 1.165) is 0 Å². The van der Waals surface area contributed by atoms with Crippen LogP contribution < -0.4 is 5.73 Å². The SMILES string of the molecule is [2H][C@]1(Br)[C@H](OC(C)=O)[C@@H](COC2(C)OC(=O)C(C)(C)O2)O[C@H]1n1cnc2c(N)ncnc21. The number of nitrogens with two attached hydrogens (primary N) is 1. The highest BCUT2D eigenvalue weighted by atomic mass is 79.9. The van der Waals surface area contributed by atoms with E-state index in [1.165, 1.54) is 31.1 Å². The number of nitrogen functional groups attached to an aromatic ring is 1. The maximum absolute atomic E-state index is 12.0. The third-order valence-electron chi connectivity index (χ3n) is 4.80. The molecular weight excluding hydrogens is 478 g/mol. The van der Waals surface area contributed by atoms with Gasteiger partial charge in [-0.15, -0.1) is 0 Å². The average molecular weight is 501 g/mol. The lowest BCUT2D eigenvalue weighted by atomic mass is 10.1. The van der Waals surface area contributed by atoms with Crippen LogP contribution in [0.25, 0.3) is 11.2 Å². The summed E-state index contributed by atoms with van der Waals surface area (Å²) in [7, 11) is 0. The number of fused-ring (bicyclic) bond motifs is 1. The zero-order valence-electron chi connectivity index (χ0n) is 18.2. The summed E-state index contributed by atoms with van der Waals surface area (Å²) in [5, 5.41) is 0. The number of alkyl halides is 1. The standard InChI is InChI=1S/C18H22BrN5O7/c1-8(25)28-12-9(5-27-18(4)30-16(26)17(2,3)31-18)29-15(10(12)19)24-7-23-11-13(20)21-6-22-14(11)24/h6-7,9-10,12,15H,5H2,1-4H3,(H2,20,21,22)/t9-,10+,12-,15-,18?/m1/s1/i10D. The second-order valence-electron chi connectivity index (χ2n) is 7.70. The van der Waals surface area contributed by atoms with E-state index in [4.69, 9.17) is 30.8 Å². The first-order valence-corrected chi connectivity index (χ1v) is 10.2. The third kappa shape index (κ3) is 3.97. The van der Waals surface area contributed by atoms with Gasteiger partial charge in [0.15, 0.2) is 23.3 Å². The van der Waals surface area contributed by atoms with Crippen molar-refractivity contribution < 1.29 is 34.6 Å². The summed E-state index contributed by atoms with van der Waals surface area (Å²) >= 11 is 3.33. The molecule has 2 aliphatic rings. The third-order valence-corrected chi connectivity index (χ3v) is 5.64. The number of carbonyl (C=O) groups is 2. The zero-order chi connectivity index (χ0) is 23.5. The number of halogens is 1. The Morgan fingerprint density at radius 2 is 2.13 bits per heavy atom. The fraction of sp³-hybridized carbons (Fsp3) is 0.611. The van der Waals surface area contributed by atoms with Crippen molar-refractivity contribution >= 4 is 44.9 Å². The molecule has 5 atom stereocenters. The van der Waals surface area contributed by atoms with E-state index in [9.17, 15) is 9.59 Å². The van der Waals surface area contributed by atoms with Crippen LogP contribution in [0.5, 0.6) is 0 Å². The second kappa shape index (κ2) is 7.65. The molecule has 0 spiro atoms. The molecule has 1 unspecified atom stereocenters. The molecule has 4 heterocycles. The first-order valence-electron chi connectivity index (χ1n) is 9.86. The molecule has 13 heteroatoms. The van der Waals surface area contributed by atoms with Crippen LogP contribution in [-0.4, -0.2) is 66.6 Å². The Morgan fingerprint density at radius 1 is 1.39 bits per heavy atom. The van der Waals surface area contributed by atoms with Gasteiger partial charge in [-0.25, -0.2) is 19.7 Å². The van der Waals surface area contributed by atoms with Crippen molar-refractivity contribution in [2.24, 2.45) is 0 Å². The molecule has 0 bridgehead atoms. The van der Waals surface area contributed by atoms with Crippen molar-refractivity contribution in [3.8, 4) is 0 Å². The largest absolute Gasteiger partial charge is 0.458 e. The minimum Gasteiger partial charge on any atom is -0.458 e. The van der Waals surface area contributed by atoms with Crippen molar-refractivity contribution in [1.29, 1.82) is 0 Å². The number of imidazole rings is 1. The molecule has 0 amide bonds. The smallest absolute Gasteiger partial charge is 0.342 e. The monoisotopic (exact) mass is 500 g/mol. The van der Waals surface area contributed by atoms with E-state index in [-0.39, 0.29) is 12.4 Å². The molecule has 31 heavy (non-hydrogen) atoms. The lowest BCUT2D eigenvalue weighted by Crippen LogP contribution is -2.40. The maximum Gasteiger partial charge on any atom is 0.342 e. The minimum atomic E-state index is -1.66. The van der Waals surface area contributed by atoms with Crippen molar-refractivity contribution in [2.75, 3.05) is 12.3 Å². The van der Waals surface area contributed by atoms with Gasteiger partial charge in [-0.3, -0.25) is 14.1 Å².